The van der Waals surface area contributed by atoms with Crippen LogP contribution < -0.4 is 0 Å². The Bertz CT molecular complexity index is 64.3. The van der Waals surface area contributed by atoms with E-state index >= 15 is 0 Å². The summed E-state index contributed by atoms with van der Waals surface area (Å²) >= 11 is 0. The fraction of sp³-hybridized carbons (Fsp3) is 0.750. The van der Waals surface area contributed by atoms with Gasteiger partial charge in [0.05, 0.1) is 0 Å². The Balaban J connectivity index is 0. The summed E-state index contributed by atoms with van der Waals surface area (Å²) in [7, 11) is 0. The quantitative estimate of drug-likeness (QED) is 0.296. The molecular formula is C8H15ORh-. The van der Waals surface area contributed by atoms with E-state index in [2.05, 4.69) is 6.92 Å². The predicted molar refractivity (Wildman–Crippen MR) is 39.1 cm³/mol. The maximum Gasteiger partial charge on any atom is 0.119 e. The fourth-order valence-electron chi connectivity index (χ4n) is 0.758. The molecule has 0 spiro atoms. The summed E-state index contributed by atoms with van der Waals surface area (Å²) in [5, 5.41) is 0. The Kier molecular flexibility index (Phi) is 15.5. The van der Waals surface area contributed by atoms with Gasteiger partial charge in [0.15, 0.2) is 0 Å². The molecule has 0 heterocycles. The third kappa shape index (κ3) is 11.1. The number of hydrogen-bond donors (Lipinski definition) is 0. The Morgan fingerprint density at radius 3 is 2.20 bits per heavy atom. The number of carbonyl (C=O) groups is 1. The third-order valence-electron chi connectivity index (χ3n) is 1.32. The number of hydrogen-bond acceptors (Lipinski definition) is 1. The van der Waals surface area contributed by atoms with Crippen LogP contribution in [0.15, 0.2) is 0 Å². The van der Waals surface area contributed by atoms with Gasteiger partial charge in [-0.25, -0.2) is 0 Å². The minimum absolute atomic E-state index is 0. The first-order valence-electron chi connectivity index (χ1n) is 3.64. The Morgan fingerprint density at radius 1 is 1.10 bits per heavy atom. The van der Waals surface area contributed by atoms with Crippen molar-refractivity contribution in [3.8, 4) is 0 Å². The van der Waals surface area contributed by atoms with E-state index in [0.29, 0.717) is 0 Å². The molecule has 0 amide bonds. The van der Waals surface area contributed by atoms with Crippen LogP contribution in [0.3, 0.4) is 0 Å². The van der Waals surface area contributed by atoms with E-state index in [1.165, 1.54) is 19.3 Å². The van der Waals surface area contributed by atoms with E-state index < -0.39 is 0 Å². The van der Waals surface area contributed by atoms with Crippen molar-refractivity contribution in [2.24, 2.45) is 0 Å². The topological polar surface area (TPSA) is 17.1 Å². The van der Waals surface area contributed by atoms with Crippen LogP contribution in [0.1, 0.15) is 38.5 Å². The number of rotatable bonds is 6. The number of aldehydes is 1. The van der Waals surface area contributed by atoms with E-state index in [-0.39, 0.29) is 19.5 Å². The molecule has 2 heteroatoms. The van der Waals surface area contributed by atoms with Crippen LogP contribution in [0.25, 0.3) is 0 Å². The molecule has 1 nitrogen and oxygen atoms in total. The first kappa shape index (κ1) is 12.9. The van der Waals surface area contributed by atoms with Crippen LogP contribution in [0, 0.1) is 6.92 Å². The van der Waals surface area contributed by atoms with Crippen molar-refractivity contribution in [2.45, 2.75) is 38.5 Å². The zero-order chi connectivity index (χ0) is 6.95. The van der Waals surface area contributed by atoms with Crippen LogP contribution in [-0.4, -0.2) is 6.29 Å². The maximum absolute atomic E-state index is 9.83. The van der Waals surface area contributed by atoms with Gasteiger partial charge >= 0.3 is 0 Å². The van der Waals surface area contributed by atoms with Crippen LogP contribution in [0.5, 0.6) is 0 Å². The smallest absolute Gasteiger partial charge is 0.119 e. The minimum atomic E-state index is 0. The average molecular weight is 230 g/mol. The summed E-state index contributed by atoms with van der Waals surface area (Å²) in [6.07, 6.45) is 7.44. The first-order valence-corrected chi connectivity index (χ1v) is 3.64. The van der Waals surface area contributed by atoms with Gasteiger partial charge in [0.1, 0.15) is 6.29 Å². The van der Waals surface area contributed by atoms with E-state index in [1.807, 2.05) is 0 Å². The molecule has 0 fully saturated rings. The summed E-state index contributed by atoms with van der Waals surface area (Å²) in [5.41, 5.74) is 0. The second kappa shape index (κ2) is 12.0. The molecular weight excluding hydrogens is 215 g/mol. The van der Waals surface area contributed by atoms with Crippen molar-refractivity contribution in [1.82, 2.24) is 0 Å². The molecule has 0 aromatic heterocycles. The third-order valence-corrected chi connectivity index (χ3v) is 1.32. The van der Waals surface area contributed by atoms with Crippen LogP contribution in [-0.2, 0) is 24.3 Å². The first-order chi connectivity index (χ1) is 4.41. The van der Waals surface area contributed by atoms with Gasteiger partial charge in [0.2, 0.25) is 0 Å². The summed E-state index contributed by atoms with van der Waals surface area (Å²) < 4.78 is 0. The summed E-state index contributed by atoms with van der Waals surface area (Å²) in [5.74, 6) is 0. The SMILES string of the molecule is [CH2-]CCCCCCC=O.[Rh]. The maximum atomic E-state index is 9.83. The average Bonchev–Trinajstić information content (AvgIpc) is 1.89. The largest absolute Gasteiger partial charge is 0.343 e. The minimum Gasteiger partial charge on any atom is -0.343 e. The second-order valence-corrected chi connectivity index (χ2v) is 2.22. The molecule has 0 unspecified atom stereocenters. The molecule has 10 heavy (non-hydrogen) atoms. The molecule has 0 aromatic carbocycles. The van der Waals surface area contributed by atoms with Crippen molar-refractivity contribution in [1.29, 1.82) is 0 Å². The van der Waals surface area contributed by atoms with Gasteiger partial charge in [-0.15, -0.1) is 0 Å². The molecule has 0 bridgehead atoms. The molecule has 0 N–H and O–H groups in total. The number of unbranched alkanes of at least 4 members (excludes halogenated alkanes) is 5. The molecule has 0 aliphatic carbocycles. The fourth-order valence-corrected chi connectivity index (χ4v) is 0.758. The number of carbonyl (C=O) groups excluding carboxylic acids is 1. The van der Waals surface area contributed by atoms with Gasteiger partial charge in [0.25, 0.3) is 0 Å². The van der Waals surface area contributed by atoms with Gasteiger partial charge in [-0.05, 0) is 6.42 Å². The second-order valence-electron chi connectivity index (χ2n) is 2.22. The van der Waals surface area contributed by atoms with Crippen molar-refractivity contribution in [3.63, 3.8) is 0 Å². The summed E-state index contributed by atoms with van der Waals surface area (Å²) in [4.78, 5) is 9.83. The Hall–Kier alpha value is 0.293. The predicted octanol–water partition coefficient (Wildman–Crippen LogP) is 2.36. The molecule has 0 aliphatic heterocycles. The molecule has 0 atom stereocenters. The molecule has 63 valence electrons. The van der Waals surface area contributed by atoms with Crippen molar-refractivity contribution < 1.29 is 24.3 Å². The van der Waals surface area contributed by atoms with Crippen molar-refractivity contribution in [3.05, 3.63) is 6.92 Å². The van der Waals surface area contributed by atoms with E-state index in [4.69, 9.17) is 0 Å². The zero-order valence-corrected chi connectivity index (χ0v) is 7.91. The van der Waals surface area contributed by atoms with Crippen LogP contribution in [0.2, 0.25) is 0 Å². The molecule has 0 aliphatic rings. The normalized spacial score (nSPS) is 8.50. The van der Waals surface area contributed by atoms with E-state index in [0.717, 1.165) is 25.5 Å². The molecule has 0 saturated heterocycles. The van der Waals surface area contributed by atoms with Crippen molar-refractivity contribution in [2.75, 3.05) is 0 Å². The van der Waals surface area contributed by atoms with Gasteiger partial charge in [-0.1, -0.05) is 19.3 Å². The summed E-state index contributed by atoms with van der Waals surface area (Å²) in [6.45, 7) is 3.73. The van der Waals surface area contributed by atoms with Crippen LogP contribution in [0.4, 0.5) is 0 Å². The van der Waals surface area contributed by atoms with Crippen LogP contribution >= 0.6 is 0 Å². The van der Waals surface area contributed by atoms with Crippen molar-refractivity contribution >= 4 is 6.29 Å². The van der Waals surface area contributed by atoms with Gasteiger partial charge in [-0.3, -0.25) is 0 Å². The van der Waals surface area contributed by atoms with E-state index in [1.54, 1.807) is 0 Å². The molecule has 0 saturated carbocycles. The standard InChI is InChI=1S/C8H15O.Rh/c1-2-3-4-5-6-7-8-9;/h8H,1-7H2;/q-1;. The Morgan fingerprint density at radius 2 is 1.70 bits per heavy atom. The molecule has 1 radical (unpaired) electrons. The van der Waals surface area contributed by atoms with E-state index in [9.17, 15) is 4.79 Å². The molecule has 0 rings (SSSR count). The Labute approximate surface area is 76.3 Å². The molecule has 0 aromatic rings. The van der Waals surface area contributed by atoms with Gasteiger partial charge in [-0.2, -0.15) is 6.42 Å². The monoisotopic (exact) mass is 230 g/mol. The zero-order valence-electron chi connectivity index (χ0n) is 6.27. The summed E-state index contributed by atoms with van der Waals surface area (Å²) in [6, 6.07) is 0. The van der Waals surface area contributed by atoms with Gasteiger partial charge < -0.3 is 11.7 Å². The van der Waals surface area contributed by atoms with Gasteiger partial charge in [0, 0.05) is 25.9 Å².